The van der Waals surface area contributed by atoms with Crippen molar-refractivity contribution in [3.05, 3.63) is 29.8 Å². The second-order valence-corrected chi connectivity index (χ2v) is 4.06. The lowest BCUT2D eigenvalue weighted by molar-refractivity contribution is -0.137. The highest BCUT2D eigenvalue weighted by Gasteiger charge is 2.29. The molecule has 0 aromatic heterocycles. The molecule has 1 N–H and O–H groups in total. The van der Waals surface area contributed by atoms with Gasteiger partial charge in [-0.05, 0) is 43.5 Å². The summed E-state index contributed by atoms with van der Waals surface area (Å²) < 4.78 is 41.9. The molecular formula is C13H18F3NO. The largest absolute Gasteiger partial charge is 0.416 e. The number of unbranched alkanes of at least 4 members (excludes halogenated alkanes) is 2. The quantitative estimate of drug-likeness (QED) is 0.751. The lowest BCUT2D eigenvalue weighted by Gasteiger charge is -2.09. The van der Waals surface area contributed by atoms with Gasteiger partial charge in [0, 0.05) is 25.9 Å². The first-order valence-corrected chi connectivity index (χ1v) is 5.94. The third-order valence-corrected chi connectivity index (χ3v) is 2.57. The molecule has 0 fully saturated rings. The van der Waals surface area contributed by atoms with Crippen molar-refractivity contribution in [2.45, 2.75) is 25.4 Å². The molecule has 0 aliphatic carbocycles. The van der Waals surface area contributed by atoms with E-state index in [9.17, 15) is 13.2 Å². The minimum Gasteiger partial charge on any atom is -0.385 e. The van der Waals surface area contributed by atoms with Crippen LogP contribution in [0.4, 0.5) is 18.9 Å². The second-order valence-electron chi connectivity index (χ2n) is 4.06. The Hall–Kier alpha value is -1.23. The van der Waals surface area contributed by atoms with Crippen LogP contribution in [0.3, 0.4) is 0 Å². The van der Waals surface area contributed by atoms with Gasteiger partial charge in [-0.3, -0.25) is 0 Å². The number of anilines is 1. The molecular weight excluding hydrogens is 243 g/mol. The first-order valence-electron chi connectivity index (χ1n) is 5.94. The Bertz CT molecular complexity index is 335. The summed E-state index contributed by atoms with van der Waals surface area (Å²) in [4.78, 5) is 0. The maximum Gasteiger partial charge on any atom is 0.416 e. The molecule has 0 saturated carbocycles. The smallest absolute Gasteiger partial charge is 0.385 e. The number of methoxy groups -OCH3 is 1. The Labute approximate surface area is 105 Å². The lowest BCUT2D eigenvalue weighted by Crippen LogP contribution is -2.06. The lowest BCUT2D eigenvalue weighted by atomic mass is 10.2. The van der Waals surface area contributed by atoms with E-state index < -0.39 is 11.7 Å². The summed E-state index contributed by atoms with van der Waals surface area (Å²) in [6.45, 7) is 1.51. The van der Waals surface area contributed by atoms with Crippen LogP contribution in [0.5, 0.6) is 0 Å². The molecule has 0 amide bonds. The highest BCUT2D eigenvalue weighted by Crippen LogP contribution is 2.29. The third-order valence-electron chi connectivity index (χ3n) is 2.57. The Kier molecular flexibility index (Phi) is 5.98. The van der Waals surface area contributed by atoms with Crippen molar-refractivity contribution >= 4 is 5.69 Å². The Morgan fingerprint density at radius 2 is 1.72 bits per heavy atom. The molecule has 0 spiro atoms. The van der Waals surface area contributed by atoms with Crippen LogP contribution in [-0.4, -0.2) is 20.3 Å². The molecule has 0 radical (unpaired) electrons. The van der Waals surface area contributed by atoms with E-state index >= 15 is 0 Å². The monoisotopic (exact) mass is 261 g/mol. The standard InChI is InChI=1S/C13H18F3NO/c1-18-10-4-2-3-9-17-12-7-5-11(6-8-12)13(14,15)16/h5-8,17H,2-4,9-10H2,1H3. The molecule has 0 aliphatic heterocycles. The Balaban J connectivity index is 2.27. The number of rotatable bonds is 7. The fourth-order valence-electron chi connectivity index (χ4n) is 1.56. The molecule has 102 valence electrons. The van der Waals surface area contributed by atoms with Gasteiger partial charge in [0.15, 0.2) is 0 Å². The van der Waals surface area contributed by atoms with E-state index in [0.29, 0.717) is 0 Å². The van der Waals surface area contributed by atoms with Crippen LogP contribution in [0.25, 0.3) is 0 Å². The summed E-state index contributed by atoms with van der Waals surface area (Å²) in [5.41, 5.74) is 0.0999. The first kappa shape index (κ1) is 14.8. The fourth-order valence-corrected chi connectivity index (χ4v) is 1.56. The Morgan fingerprint density at radius 1 is 1.06 bits per heavy atom. The number of ether oxygens (including phenoxy) is 1. The van der Waals surface area contributed by atoms with Gasteiger partial charge in [0.25, 0.3) is 0 Å². The average Bonchev–Trinajstić information content (AvgIpc) is 2.33. The van der Waals surface area contributed by atoms with Gasteiger partial charge in [-0.25, -0.2) is 0 Å². The highest BCUT2D eigenvalue weighted by atomic mass is 19.4. The van der Waals surface area contributed by atoms with Gasteiger partial charge < -0.3 is 10.1 Å². The van der Waals surface area contributed by atoms with Crippen molar-refractivity contribution in [1.82, 2.24) is 0 Å². The molecule has 0 saturated heterocycles. The molecule has 0 unspecified atom stereocenters. The van der Waals surface area contributed by atoms with E-state index in [0.717, 1.165) is 50.2 Å². The number of hydrogen-bond acceptors (Lipinski definition) is 2. The van der Waals surface area contributed by atoms with Crippen molar-refractivity contribution in [2.24, 2.45) is 0 Å². The van der Waals surface area contributed by atoms with Gasteiger partial charge >= 0.3 is 6.18 Å². The van der Waals surface area contributed by atoms with E-state index in [1.54, 1.807) is 7.11 Å². The van der Waals surface area contributed by atoms with E-state index in [4.69, 9.17) is 4.74 Å². The minimum atomic E-state index is -4.27. The summed E-state index contributed by atoms with van der Waals surface area (Å²) in [5.74, 6) is 0. The summed E-state index contributed by atoms with van der Waals surface area (Å²) in [6, 6.07) is 5.09. The van der Waals surface area contributed by atoms with E-state index in [1.807, 2.05) is 0 Å². The molecule has 0 bridgehead atoms. The van der Waals surface area contributed by atoms with Crippen LogP contribution in [0.15, 0.2) is 24.3 Å². The van der Waals surface area contributed by atoms with Crippen LogP contribution in [0.2, 0.25) is 0 Å². The molecule has 1 rings (SSSR count). The van der Waals surface area contributed by atoms with Crippen LogP contribution in [0, 0.1) is 0 Å². The van der Waals surface area contributed by atoms with Crippen molar-refractivity contribution in [2.75, 3.05) is 25.6 Å². The second kappa shape index (κ2) is 7.26. The van der Waals surface area contributed by atoms with Crippen LogP contribution >= 0.6 is 0 Å². The minimum absolute atomic E-state index is 0.617. The highest BCUT2D eigenvalue weighted by molar-refractivity contribution is 5.44. The SMILES string of the molecule is COCCCCCNc1ccc(C(F)(F)F)cc1. The van der Waals surface area contributed by atoms with Gasteiger partial charge in [0.2, 0.25) is 0 Å². The van der Waals surface area contributed by atoms with E-state index in [2.05, 4.69) is 5.32 Å². The third kappa shape index (κ3) is 5.40. The topological polar surface area (TPSA) is 21.3 Å². The summed E-state index contributed by atoms with van der Waals surface area (Å²) in [6.07, 6.45) is -1.24. The van der Waals surface area contributed by atoms with Gasteiger partial charge in [0.1, 0.15) is 0 Å². The maximum absolute atomic E-state index is 12.3. The molecule has 1 aromatic carbocycles. The van der Waals surface area contributed by atoms with Gasteiger partial charge in [-0.15, -0.1) is 0 Å². The maximum atomic E-state index is 12.3. The predicted octanol–water partition coefficient (Wildman–Crippen LogP) is 3.93. The Morgan fingerprint density at radius 3 is 2.28 bits per heavy atom. The number of nitrogens with one attached hydrogen (secondary N) is 1. The number of halogens is 3. The van der Waals surface area contributed by atoms with E-state index in [-0.39, 0.29) is 0 Å². The molecule has 0 aliphatic rings. The first-order chi connectivity index (χ1) is 8.54. The molecule has 0 heterocycles. The number of benzene rings is 1. The van der Waals surface area contributed by atoms with Gasteiger partial charge in [-0.2, -0.15) is 13.2 Å². The molecule has 0 atom stereocenters. The molecule has 18 heavy (non-hydrogen) atoms. The van der Waals surface area contributed by atoms with Crippen molar-refractivity contribution in [1.29, 1.82) is 0 Å². The predicted molar refractivity (Wildman–Crippen MR) is 65.7 cm³/mol. The molecule has 5 heteroatoms. The summed E-state index contributed by atoms with van der Waals surface area (Å²) in [7, 11) is 1.67. The van der Waals surface area contributed by atoms with Crippen LogP contribution in [0.1, 0.15) is 24.8 Å². The van der Waals surface area contributed by atoms with Gasteiger partial charge in [0.05, 0.1) is 5.56 Å². The zero-order chi connectivity index (χ0) is 13.4. The van der Waals surface area contributed by atoms with Crippen molar-refractivity contribution in [3.8, 4) is 0 Å². The normalized spacial score (nSPS) is 11.6. The number of alkyl halides is 3. The van der Waals surface area contributed by atoms with Crippen LogP contribution in [-0.2, 0) is 10.9 Å². The molecule has 1 aromatic rings. The van der Waals surface area contributed by atoms with Gasteiger partial charge in [-0.1, -0.05) is 0 Å². The fraction of sp³-hybridized carbons (Fsp3) is 0.538. The summed E-state index contributed by atoms with van der Waals surface area (Å²) >= 11 is 0. The summed E-state index contributed by atoms with van der Waals surface area (Å²) in [5, 5.41) is 3.09. The number of hydrogen-bond donors (Lipinski definition) is 1. The van der Waals surface area contributed by atoms with Crippen LogP contribution < -0.4 is 5.32 Å². The van der Waals surface area contributed by atoms with Crippen molar-refractivity contribution in [3.63, 3.8) is 0 Å². The zero-order valence-corrected chi connectivity index (χ0v) is 10.4. The van der Waals surface area contributed by atoms with Crippen molar-refractivity contribution < 1.29 is 17.9 Å². The zero-order valence-electron chi connectivity index (χ0n) is 10.4. The average molecular weight is 261 g/mol. The van der Waals surface area contributed by atoms with E-state index in [1.165, 1.54) is 12.1 Å². The molecule has 2 nitrogen and oxygen atoms in total.